The molecule has 4 rings (SSSR count). The number of nitrogens with zero attached hydrogens (tertiary/aromatic N) is 3. The molecular weight excluding hydrogens is 347 g/mol. The first kappa shape index (κ1) is 16.2. The Balaban J connectivity index is 1.66. The van der Waals surface area contributed by atoms with E-state index in [9.17, 15) is 0 Å². The monoisotopic (exact) mass is 378 g/mol. The molecule has 3 fully saturated rings. The molecule has 0 spiro atoms. The number of rotatable bonds is 2. The Hall–Kier alpha value is -0.312. The quantitative estimate of drug-likeness (QED) is 0.739. The fourth-order valence-electron chi connectivity index (χ4n) is 5.77. The summed E-state index contributed by atoms with van der Waals surface area (Å²) >= 11 is 1.66. The molecule has 6 atom stereocenters. The van der Waals surface area contributed by atoms with Gasteiger partial charge in [-0.15, -0.1) is 0 Å². The van der Waals surface area contributed by atoms with Gasteiger partial charge in [0, 0.05) is 0 Å². The van der Waals surface area contributed by atoms with Gasteiger partial charge in [0.2, 0.25) is 0 Å². The van der Waals surface area contributed by atoms with Crippen LogP contribution in [0.25, 0.3) is 0 Å². The van der Waals surface area contributed by atoms with Crippen molar-refractivity contribution in [3.63, 3.8) is 0 Å². The van der Waals surface area contributed by atoms with Gasteiger partial charge in [-0.2, -0.15) is 0 Å². The first-order valence-electron chi connectivity index (χ1n) is 9.12. The van der Waals surface area contributed by atoms with Gasteiger partial charge in [-0.25, -0.2) is 0 Å². The average Bonchev–Trinajstić information content (AvgIpc) is 3.08. The van der Waals surface area contributed by atoms with Crippen LogP contribution in [-0.2, 0) is 0 Å². The second-order valence-corrected chi connectivity index (χ2v) is 9.90. The molecule has 2 heterocycles. The molecule has 2 saturated carbocycles. The van der Waals surface area contributed by atoms with E-state index in [1.807, 2.05) is 6.20 Å². The van der Waals surface area contributed by atoms with Gasteiger partial charge in [0.15, 0.2) is 0 Å². The van der Waals surface area contributed by atoms with Crippen LogP contribution >= 0.6 is 0 Å². The van der Waals surface area contributed by atoms with Gasteiger partial charge in [0.25, 0.3) is 0 Å². The van der Waals surface area contributed by atoms with Gasteiger partial charge in [-0.3, -0.25) is 0 Å². The predicted molar refractivity (Wildman–Crippen MR) is 97.9 cm³/mol. The molecule has 0 aromatic carbocycles. The van der Waals surface area contributed by atoms with Crippen LogP contribution in [0.3, 0.4) is 0 Å². The van der Waals surface area contributed by atoms with Gasteiger partial charge >= 0.3 is 149 Å². The fourth-order valence-corrected chi connectivity index (χ4v) is 6.65. The Morgan fingerprint density at radius 1 is 1.30 bits per heavy atom. The molecule has 0 aromatic heterocycles. The molecular formula is C18H31AsN4. The second kappa shape index (κ2) is 5.34. The summed E-state index contributed by atoms with van der Waals surface area (Å²) in [5.74, 6) is 0.866. The third-order valence-electron chi connectivity index (χ3n) is 7.73. The molecule has 23 heavy (non-hydrogen) atoms. The van der Waals surface area contributed by atoms with Gasteiger partial charge in [0.05, 0.1) is 0 Å². The third kappa shape index (κ3) is 2.21. The molecule has 2 aliphatic heterocycles. The van der Waals surface area contributed by atoms with E-state index >= 15 is 0 Å². The number of nitrogens with two attached hydrogens (primary N) is 1. The molecule has 2 N–H and O–H groups in total. The fraction of sp³-hybridized carbons (Fsp3) is 0.833. The van der Waals surface area contributed by atoms with Crippen molar-refractivity contribution in [3.05, 3.63) is 12.3 Å². The van der Waals surface area contributed by atoms with Crippen molar-refractivity contribution < 1.29 is 0 Å². The number of aliphatic imine (C=N–C) groups is 1. The topological polar surface area (TPSA) is 44.9 Å². The SMILES string of the molecule is CC1(C)[C@@H]2CC[C@@]1(C)[C@@H](N1C([AsH2])=NC=CC1N1CC[C@@H](N)C1)C2. The van der Waals surface area contributed by atoms with Crippen molar-refractivity contribution in [3.8, 4) is 0 Å². The Morgan fingerprint density at radius 3 is 2.65 bits per heavy atom. The van der Waals surface area contributed by atoms with Gasteiger partial charge < -0.3 is 0 Å². The molecule has 2 bridgehead atoms. The minimum atomic E-state index is 0.335. The van der Waals surface area contributed by atoms with Gasteiger partial charge in [0.1, 0.15) is 0 Å². The van der Waals surface area contributed by atoms with E-state index in [1.165, 1.54) is 23.9 Å². The summed E-state index contributed by atoms with van der Waals surface area (Å²) in [6.45, 7) is 9.67. The zero-order valence-corrected chi connectivity index (χ0v) is 17.1. The number of amidine groups is 1. The normalized spacial score (nSPS) is 45.8. The van der Waals surface area contributed by atoms with Gasteiger partial charge in [-0.1, -0.05) is 0 Å². The second-order valence-electron chi connectivity index (χ2n) is 8.82. The number of likely N-dealkylation sites (tertiary alicyclic amines) is 1. The summed E-state index contributed by atoms with van der Waals surface area (Å²) in [5, 5.41) is 0. The predicted octanol–water partition coefficient (Wildman–Crippen LogP) is 1.38. The summed E-state index contributed by atoms with van der Waals surface area (Å²) < 4.78 is 1.25. The first-order chi connectivity index (χ1) is 10.8. The maximum absolute atomic E-state index is 6.18. The van der Waals surface area contributed by atoms with E-state index in [2.05, 4.69) is 36.6 Å². The molecule has 4 nitrogen and oxygen atoms in total. The number of hydrogen-bond donors (Lipinski definition) is 1. The van der Waals surface area contributed by atoms with Crippen LogP contribution in [0.2, 0.25) is 0 Å². The molecule has 2 aliphatic carbocycles. The zero-order chi connectivity index (χ0) is 16.4. The molecule has 0 radical (unpaired) electrons. The van der Waals surface area contributed by atoms with E-state index in [-0.39, 0.29) is 0 Å². The van der Waals surface area contributed by atoms with E-state index in [1.54, 1.807) is 16.9 Å². The van der Waals surface area contributed by atoms with Crippen molar-refractivity contribution in [1.29, 1.82) is 0 Å². The maximum atomic E-state index is 6.18. The van der Waals surface area contributed by atoms with E-state index < -0.39 is 0 Å². The standard InChI is InChI=1S/C18H31AsN4/c1-17(2)12-4-7-18(17,3)14(10-12)23-15(5-8-21-16(23)19)22-9-6-13(20)11-22/h5,8,12-15H,4,6-7,9-11,19-20H2,1-3H3/t12-,13-,14+,15?,18+/m1/s1. The van der Waals surface area contributed by atoms with Crippen LogP contribution in [0.1, 0.15) is 46.5 Å². The number of fused-ring (bicyclic) bond motifs is 2. The van der Waals surface area contributed by atoms with Crippen LogP contribution in [-0.4, -0.2) is 62.6 Å². The van der Waals surface area contributed by atoms with Crippen molar-refractivity contribution in [1.82, 2.24) is 9.80 Å². The Kier molecular flexibility index (Phi) is 3.76. The first-order valence-corrected chi connectivity index (χ1v) is 10.3. The molecule has 0 aromatic rings. The average molecular weight is 378 g/mol. The van der Waals surface area contributed by atoms with Crippen molar-refractivity contribution in [2.24, 2.45) is 27.5 Å². The molecule has 128 valence electrons. The van der Waals surface area contributed by atoms with Crippen molar-refractivity contribution in [2.45, 2.75) is 64.7 Å². The zero-order valence-electron chi connectivity index (χ0n) is 14.7. The molecule has 1 saturated heterocycles. The summed E-state index contributed by atoms with van der Waals surface area (Å²) in [5.41, 5.74) is 7.03. The van der Waals surface area contributed by atoms with Crippen LogP contribution in [0.5, 0.6) is 0 Å². The minimum absolute atomic E-state index is 0.335. The Labute approximate surface area is 149 Å². The van der Waals surface area contributed by atoms with E-state index in [0.29, 0.717) is 29.1 Å². The summed E-state index contributed by atoms with van der Waals surface area (Å²) in [6.07, 6.45) is 9.89. The Morgan fingerprint density at radius 2 is 2.09 bits per heavy atom. The van der Waals surface area contributed by atoms with Gasteiger partial charge in [-0.05, 0) is 0 Å². The molecule has 2 unspecified atom stereocenters. The van der Waals surface area contributed by atoms with Crippen molar-refractivity contribution >= 4 is 21.5 Å². The summed E-state index contributed by atoms with van der Waals surface area (Å²) in [6, 6.07) is 0.954. The van der Waals surface area contributed by atoms with E-state index in [4.69, 9.17) is 10.7 Å². The van der Waals surface area contributed by atoms with Crippen LogP contribution in [0, 0.1) is 16.7 Å². The third-order valence-corrected chi connectivity index (χ3v) is 8.67. The molecule has 0 amide bonds. The van der Waals surface area contributed by atoms with Crippen LogP contribution in [0.4, 0.5) is 0 Å². The molecule has 4 aliphatic rings. The van der Waals surface area contributed by atoms with Crippen molar-refractivity contribution in [2.75, 3.05) is 13.1 Å². The summed E-state index contributed by atoms with van der Waals surface area (Å²) in [4.78, 5) is 9.92. The van der Waals surface area contributed by atoms with Crippen LogP contribution in [0.15, 0.2) is 17.3 Å². The summed E-state index contributed by atoms with van der Waals surface area (Å²) in [7, 11) is 0. The Bertz CT molecular complexity index is 557. The molecule has 5 heteroatoms. The number of hydrogen-bond acceptors (Lipinski definition) is 4. The van der Waals surface area contributed by atoms with Crippen LogP contribution < -0.4 is 5.73 Å². The van der Waals surface area contributed by atoms with E-state index in [0.717, 1.165) is 25.4 Å².